The van der Waals surface area contributed by atoms with Crippen LogP contribution in [0.5, 0.6) is 0 Å². The van der Waals surface area contributed by atoms with Gasteiger partial charge in [0.2, 0.25) is 10.0 Å². The highest BCUT2D eigenvalue weighted by atomic mass is 32.2. The summed E-state index contributed by atoms with van der Waals surface area (Å²) in [6.07, 6.45) is 0. The van der Waals surface area contributed by atoms with Crippen LogP contribution in [0.25, 0.3) is 43.2 Å². The zero-order valence-electron chi connectivity index (χ0n) is 17.9. The smallest absolute Gasteiger partial charge is 0.322 e. The maximum atomic E-state index is 12.8. The third-order valence-electron chi connectivity index (χ3n) is 5.76. The molecule has 33 heavy (non-hydrogen) atoms. The number of carbonyl (C=O) groups is 1. The quantitative estimate of drug-likeness (QED) is 0.318. The van der Waals surface area contributed by atoms with Gasteiger partial charge in [-0.15, -0.1) is 11.3 Å². The largest absolute Gasteiger partial charge is 0.480 e. The highest BCUT2D eigenvalue weighted by Gasteiger charge is 2.28. The SMILES string of the molecule is CC(C)[C@H](NS(=O)(=O)c1ccc2c(c1)oc1ccc(-c3csc4ccccc34)cc12)C(=O)O. The summed E-state index contributed by atoms with van der Waals surface area (Å²) in [6, 6.07) is 17.6. The maximum Gasteiger partial charge on any atom is 0.322 e. The number of hydrogen-bond acceptors (Lipinski definition) is 5. The van der Waals surface area contributed by atoms with Crippen molar-refractivity contribution in [2.24, 2.45) is 5.92 Å². The molecule has 0 unspecified atom stereocenters. The standard InChI is InChI=1S/C25H21NO5S2/c1-14(2)24(25(27)28)26-33(29,30)16-8-9-17-19-11-15(7-10-21(19)31-22(17)12-16)20-13-32-23-6-4-3-5-18(20)23/h3-14,24,26H,1-2H3,(H,27,28)/t24-/m0/s1. The Hall–Kier alpha value is -3.20. The minimum atomic E-state index is -4.04. The van der Waals surface area contributed by atoms with E-state index in [2.05, 4.69) is 28.3 Å². The van der Waals surface area contributed by atoms with E-state index in [4.69, 9.17) is 4.42 Å². The average molecular weight is 480 g/mol. The predicted octanol–water partition coefficient (Wildman–Crippen LogP) is 5.86. The first-order chi connectivity index (χ1) is 15.7. The average Bonchev–Trinajstić information content (AvgIpc) is 3.37. The highest BCUT2D eigenvalue weighted by molar-refractivity contribution is 7.89. The second kappa shape index (κ2) is 7.98. The van der Waals surface area contributed by atoms with Gasteiger partial charge in [0.15, 0.2) is 0 Å². The Kier molecular flexibility index (Phi) is 5.23. The van der Waals surface area contributed by atoms with E-state index in [-0.39, 0.29) is 4.90 Å². The molecule has 8 heteroatoms. The van der Waals surface area contributed by atoms with Crippen molar-refractivity contribution in [3.8, 4) is 11.1 Å². The van der Waals surface area contributed by atoms with E-state index in [1.807, 2.05) is 24.3 Å². The number of fused-ring (bicyclic) bond motifs is 4. The number of aliphatic carboxylic acids is 1. The summed E-state index contributed by atoms with van der Waals surface area (Å²) in [5, 5.41) is 14.4. The zero-order chi connectivity index (χ0) is 23.3. The van der Waals surface area contributed by atoms with E-state index in [1.54, 1.807) is 31.3 Å². The van der Waals surface area contributed by atoms with Gasteiger partial charge in [-0.25, -0.2) is 8.42 Å². The molecule has 5 aromatic rings. The van der Waals surface area contributed by atoms with Crippen LogP contribution in [0, 0.1) is 5.92 Å². The number of carboxylic acid groups (broad SMARTS) is 1. The van der Waals surface area contributed by atoms with Crippen molar-refractivity contribution in [2.45, 2.75) is 24.8 Å². The monoisotopic (exact) mass is 479 g/mol. The molecule has 0 aliphatic carbocycles. The van der Waals surface area contributed by atoms with Gasteiger partial charge < -0.3 is 9.52 Å². The number of sulfonamides is 1. The van der Waals surface area contributed by atoms with Crippen molar-refractivity contribution in [3.05, 3.63) is 66.0 Å². The van der Waals surface area contributed by atoms with Gasteiger partial charge in [0, 0.05) is 32.5 Å². The first-order valence-corrected chi connectivity index (χ1v) is 12.8. The van der Waals surface area contributed by atoms with Gasteiger partial charge in [0.05, 0.1) is 4.90 Å². The summed E-state index contributed by atoms with van der Waals surface area (Å²) in [4.78, 5) is 11.4. The molecule has 0 fully saturated rings. The number of thiophene rings is 1. The van der Waals surface area contributed by atoms with Crippen LogP contribution in [-0.2, 0) is 14.8 Å². The predicted molar refractivity (Wildman–Crippen MR) is 131 cm³/mol. The summed E-state index contributed by atoms with van der Waals surface area (Å²) in [5.41, 5.74) is 3.28. The van der Waals surface area contributed by atoms with E-state index in [0.29, 0.717) is 11.2 Å². The van der Waals surface area contributed by atoms with Gasteiger partial charge in [-0.3, -0.25) is 4.79 Å². The molecule has 2 N–H and O–H groups in total. The van der Waals surface area contributed by atoms with Gasteiger partial charge in [-0.1, -0.05) is 38.1 Å². The fourth-order valence-corrected chi connectivity index (χ4v) is 6.32. The maximum absolute atomic E-state index is 12.8. The van der Waals surface area contributed by atoms with Crippen LogP contribution in [0.3, 0.4) is 0 Å². The van der Waals surface area contributed by atoms with E-state index >= 15 is 0 Å². The van der Waals surface area contributed by atoms with Gasteiger partial charge in [0.1, 0.15) is 17.2 Å². The Labute approximate surface area is 194 Å². The highest BCUT2D eigenvalue weighted by Crippen LogP contribution is 2.38. The van der Waals surface area contributed by atoms with Gasteiger partial charge in [0.25, 0.3) is 0 Å². The molecule has 2 heterocycles. The molecule has 3 aromatic carbocycles. The number of benzene rings is 3. The molecule has 0 radical (unpaired) electrons. The summed E-state index contributed by atoms with van der Waals surface area (Å²) >= 11 is 1.69. The lowest BCUT2D eigenvalue weighted by molar-refractivity contribution is -0.140. The first kappa shape index (κ1) is 21.6. The molecular weight excluding hydrogens is 458 g/mol. The fourth-order valence-electron chi connectivity index (χ4n) is 4.00. The number of furan rings is 1. The van der Waals surface area contributed by atoms with E-state index in [9.17, 15) is 18.3 Å². The summed E-state index contributed by atoms with van der Waals surface area (Å²) in [7, 11) is -4.04. The second-order valence-electron chi connectivity index (χ2n) is 8.30. The van der Waals surface area contributed by atoms with E-state index in [1.165, 1.54) is 22.2 Å². The van der Waals surface area contributed by atoms with Crippen LogP contribution in [-0.4, -0.2) is 25.5 Å². The molecule has 2 aromatic heterocycles. The molecule has 0 spiro atoms. The van der Waals surface area contributed by atoms with Crippen LogP contribution in [0.4, 0.5) is 0 Å². The molecule has 0 saturated carbocycles. The van der Waals surface area contributed by atoms with E-state index in [0.717, 1.165) is 21.9 Å². The Balaban J connectivity index is 1.57. The van der Waals surface area contributed by atoms with Crippen LogP contribution in [0.2, 0.25) is 0 Å². The van der Waals surface area contributed by atoms with Crippen molar-refractivity contribution in [1.29, 1.82) is 0 Å². The molecule has 0 amide bonds. The van der Waals surface area contributed by atoms with Crippen molar-refractivity contribution in [1.82, 2.24) is 4.72 Å². The van der Waals surface area contributed by atoms with Crippen LogP contribution in [0.15, 0.2) is 75.4 Å². The van der Waals surface area contributed by atoms with Crippen molar-refractivity contribution < 1.29 is 22.7 Å². The Morgan fingerprint density at radius 2 is 1.76 bits per heavy atom. The molecule has 168 valence electrons. The van der Waals surface area contributed by atoms with Gasteiger partial charge in [-0.05, 0) is 47.2 Å². The van der Waals surface area contributed by atoms with E-state index < -0.39 is 28.0 Å². The number of rotatable bonds is 6. The van der Waals surface area contributed by atoms with Crippen LogP contribution in [0.1, 0.15) is 13.8 Å². The summed E-state index contributed by atoms with van der Waals surface area (Å²) in [6.45, 7) is 3.30. The third kappa shape index (κ3) is 3.80. The third-order valence-corrected chi connectivity index (χ3v) is 8.16. The first-order valence-electron chi connectivity index (χ1n) is 10.4. The van der Waals surface area contributed by atoms with Crippen molar-refractivity contribution in [2.75, 3.05) is 0 Å². The molecular formula is C25H21NO5S2. The molecule has 5 rings (SSSR count). The molecule has 6 nitrogen and oxygen atoms in total. The Morgan fingerprint density at radius 1 is 0.970 bits per heavy atom. The summed E-state index contributed by atoms with van der Waals surface area (Å²) in [5.74, 6) is -1.62. The van der Waals surface area contributed by atoms with Gasteiger partial charge >= 0.3 is 5.97 Å². The lowest BCUT2D eigenvalue weighted by atomic mass is 10.0. The number of carboxylic acids is 1. The Morgan fingerprint density at radius 3 is 2.52 bits per heavy atom. The van der Waals surface area contributed by atoms with Crippen LogP contribution >= 0.6 is 11.3 Å². The molecule has 0 saturated heterocycles. The van der Waals surface area contributed by atoms with Crippen molar-refractivity contribution >= 4 is 59.4 Å². The molecule has 0 aliphatic rings. The minimum Gasteiger partial charge on any atom is -0.480 e. The summed E-state index contributed by atoms with van der Waals surface area (Å²) < 4.78 is 35.1. The molecule has 0 aliphatic heterocycles. The lowest BCUT2D eigenvalue weighted by Gasteiger charge is -2.17. The number of nitrogens with one attached hydrogen (secondary N) is 1. The second-order valence-corrected chi connectivity index (χ2v) is 10.9. The Bertz CT molecular complexity index is 1630. The lowest BCUT2D eigenvalue weighted by Crippen LogP contribution is -2.44. The zero-order valence-corrected chi connectivity index (χ0v) is 19.5. The minimum absolute atomic E-state index is 0.0370. The van der Waals surface area contributed by atoms with Crippen LogP contribution < -0.4 is 4.72 Å². The fraction of sp³-hybridized carbons (Fsp3) is 0.160. The van der Waals surface area contributed by atoms with Crippen molar-refractivity contribution in [3.63, 3.8) is 0 Å². The molecule has 0 bridgehead atoms. The number of hydrogen-bond donors (Lipinski definition) is 2. The molecule has 1 atom stereocenters. The normalized spacial score (nSPS) is 13.3. The van der Waals surface area contributed by atoms with Gasteiger partial charge in [-0.2, -0.15) is 4.72 Å². The topological polar surface area (TPSA) is 96.6 Å².